The van der Waals surface area contributed by atoms with Gasteiger partial charge in [0.2, 0.25) is 0 Å². The fourth-order valence-electron chi connectivity index (χ4n) is 3.17. The van der Waals surface area contributed by atoms with Crippen LogP contribution in [0, 0.1) is 0 Å². The van der Waals surface area contributed by atoms with Crippen molar-refractivity contribution in [3.63, 3.8) is 0 Å². The molecule has 112 valence electrons. The van der Waals surface area contributed by atoms with Gasteiger partial charge in [-0.3, -0.25) is 9.98 Å². The van der Waals surface area contributed by atoms with E-state index in [-0.39, 0.29) is 5.60 Å². The molecule has 1 fully saturated rings. The fraction of sp³-hybridized carbons (Fsp3) is 0.200. The van der Waals surface area contributed by atoms with Gasteiger partial charge in [0.15, 0.2) is 0 Å². The molecule has 0 bridgehead atoms. The van der Waals surface area contributed by atoms with E-state index in [0.29, 0.717) is 0 Å². The number of hydrogen-bond donors (Lipinski definition) is 0. The maximum atomic E-state index is 6.26. The normalized spacial score (nSPS) is 18.0. The summed E-state index contributed by atoms with van der Waals surface area (Å²) in [5.41, 5.74) is 4.05. The van der Waals surface area contributed by atoms with E-state index in [9.17, 15) is 0 Å². The summed E-state index contributed by atoms with van der Waals surface area (Å²) in [5.74, 6) is 0.939. The maximum absolute atomic E-state index is 6.26. The summed E-state index contributed by atoms with van der Waals surface area (Å²) < 4.78 is 6.26. The minimum atomic E-state index is -0.0673. The van der Waals surface area contributed by atoms with Crippen molar-refractivity contribution in [2.24, 2.45) is 4.99 Å². The van der Waals surface area contributed by atoms with Gasteiger partial charge in [-0.15, -0.1) is 0 Å². The highest BCUT2D eigenvalue weighted by molar-refractivity contribution is 6.15. The lowest BCUT2D eigenvalue weighted by Gasteiger charge is -2.14. The average Bonchev–Trinajstić information content (AvgIpc) is 3.38. The van der Waals surface area contributed by atoms with Crippen LogP contribution in [0.5, 0.6) is 5.75 Å². The van der Waals surface area contributed by atoms with E-state index in [1.54, 1.807) is 0 Å². The largest absolute Gasteiger partial charge is 0.485 e. The number of benzene rings is 2. The summed E-state index contributed by atoms with van der Waals surface area (Å²) in [5, 5.41) is 1.14. The molecular formula is C20H16N2O. The van der Waals surface area contributed by atoms with Crippen molar-refractivity contribution in [2.45, 2.75) is 18.4 Å². The SMILES string of the molecule is c1ccc2c(c1)OC1(CC1)CN=C2c1cnc2ccccc2c1. The number of hydrogen-bond acceptors (Lipinski definition) is 3. The monoisotopic (exact) mass is 300 g/mol. The molecule has 0 amide bonds. The predicted molar refractivity (Wildman–Crippen MR) is 91.3 cm³/mol. The van der Waals surface area contributed by atoms with Gasteiger partial charge in [0, 0.05) is 22.7 Å². The van der Waals surface area contributed by atoms with Crippen LogP contribution in [0.15, 0.2) is 65.8 Å². The topological polar surface area (TPSA) is 34.5 Å². The number of para-hydroxylation sites is 2. The van der Waals surface area contributed by atoms with E-state index in [1.807, 2.05) is 42.6 Å². The molecule has 2 aliphatic rings. The molecule has 2 aromatic carbocycles. The molecule has 3 heteroatoms. The number of pyridine rings is 1. The van der Waals surface area contributed by atoms with Gasteiger partial charge in [0.1, 0.15) is 11.4 Å². The van der Waals surface area contributed by atoms with Crippen LogP contribution in [-0.2, 0) is 0 Å². The highest BCUT2D eigenvalue weighted by Gasteiger charge is 2.47. The second-order valence-electron chi connectivity index (χ2n) is 6.36. The summed E-state index contributed by atoms with van der Waals surface area (Å²) in [6.07, 6.45) is 4.10. The molecule has 1 saturated carbocycles. The predicted octanol–water partition coefficient (Wildman–Crippen LogP) is 4.00. The first-order valence-corrected chi connectivity index (χ1v) is 8.01. The summed E-state index contributed by atoms with van der Waals surface area (Å²) >= 11 is 0. The van der Waals surface area contributed by atoms with Gasteiger partial charge in [0.25, 0.3) is 0 Å². The van der Waals surface area contributed by atoms with E-state index in [1.165, 1.54) is 0 Å². The maximum Gasteiger partial charge on any atom is 0.129 e. The van der Waals surface area contributed by atoms with Crippen LogP contribution in [0.25, 0.3) is 10.9 Å². The molecule has 1 aliphatic carbocycles. The van der Waals surface area contributed by atoms with Crippen molar-refractivity contribution in [1.82, 2.24) is 4.98 Å². The van der Waals surface area contributed by atoms with Crippen molar-refractivity contribution in [2.75, 3.05) is 6.54 Å². The molecular weight excluding hydrogens is 284 g/mol. The highest BCUT2D eigenvalue weighted by atomic mass is 16.5. The van der Waals surface area contributed by atoms with Gasteiger partial charge < -0.3 is 4.74 Å². The van der Waals surface area contributed by atoms with E-state index in [2.05, 4.69) is 23.2 Å². The number of rotatable bonds is 1. The number of aliphatic imine (C=N–C) groups is 1. The molecule has 5 rings (SSSR count). The Morgan fingerprint density at radius 2 is 1.78 bits per heavy atom. The number of fused-ring (bicyclic) bond motifs is 2. The van der Waals surface area contributed by atoms with Crippen LogP contribution >= 0.6 is 0 Å². The van der Waals surface area contributed by atoms with Crippen LogP contribution in [0.3, 0.4) is 0 Å². The van der Waals surface area contributed by atoms with Crippen molar-refractivity contribution < 1.29 is 4.74 Å². The van der Waals surface area contributed by atoms with E-state index < -0.39 is 0 Å². The third kappa shape index (κ3) is 2.12. The van der Waals surface area contributed by atoms with E-state index >= 15 is 0 Å². The van der Waals surface area contributed by atoms with Crippen LogP contribution in [0.1, 0.15) is 24.0 Å². The smallest absolute Gasteiger partial charge is 0.129 e. The Labute approximate surface area is 134 Å². The first-order valence-electron chi connectivity index (χ1n) is 8.01. The van der Waals surface area contributed by atoms with E-state index in [4.69, 9.17) is 9.73 Å². The van der Waals surface area contributed by atoms with Gasteiger partial charge in [-0.2, -0.15) is 0 Å². The Kier molecular flexibility index (Phi) is 2.60. The van der Waals surface area contributed by atoms with Crippen molar-refractivity contribution in [1.29, 1.82) is 0 Å². The zero-order chi connectivity index (χ0) is 15.3. The lowest BCUT2D eigenvalue weighted by molar-refractivity contribution is 0.190. The summed E-state index contributed by atoms with van der Waals surface area (Å²) in [6, 6.07) is 18.5. The highest BCUT2D eigenvalue weighted by Crippen LogP contribution is 2.43. The lowest BCUT2D eigenvalue weighted by atomic mass is 10.0. The van der Waals surface area contributed by atoms with Gasteiger partial charge in [0.05, 0.1) is 17.8 Å². The quantitative estimate of drug-likeness (QED) is 0.681. The van der Waals surface area contributed by atoms with Crippen LogP contribution < -0.4 is 4.74 Å². The fourth-order valence-corrected chi connectivity index (χ4v) is 3.17. The summed E-state index contributed by atoms with van der Waals surface area (Å²) in [6.45, 7) is 0.726. The molecule has 0 atom stereocenters. The zero-order valence-electron chi connectivity index (χ0n) is 12.7. The molecule has 0 unspecified atom stereocenters. The number of nitrogens with zero attached hydrogens (tertiary/aromatic N) is 2. The summed E-state index contributed by atoms with van der Waals surface area (Å²) in [4.78, 5) is 9.50. The molecule has 1 aromatic heterocycles. The Morgan fingerprint density at radius 3 is 2.70 bits per heavy atom. The Morgan fingerprint density at radius 1 is 0.957 bits per heavy atom. The first kappa shape index (κ1) is 12.8. The molecule has 0 radical (unpaired) electrons. The molecule has 3 nitrogen and oxygen atoms in total. The molecule has 2 heterocycles. The molecule has 1 aliphatic heterocycles. The second-order valence-corrected chi connectivity index (χ2v) is 6.36. The Bertz CT molecular complexity index is 941. The third-order valence-corrected chi connectivity index (χ3v) is 4.67. The average molecular weight is 300 g/mol. The Hall–Kier alpha value is -2.68. The van der Waals surface area contributed by atoms with E-state index in [0.717, 1.165) is 52.9 Å². The van der Waals surface area contributed by atoms with Crippen LogP contribution in [-0.4, -0.2) is 22.8 Å². The standard InChI is InChI=1S/C20H16N2O/c1-3-7-17-14(5-1)11-15(12-21-17)19-16-6-2-4-8-18(16)23-20(9-10-20)13-22-19/h1-8,11-12H,9-10,13H2. The van der Waals surface area contributed by atoms with Crippen LogP contribution in [0.4, 0.5) is 0 Å². The van der Waals surface area contributed by atoms with Crippen molar-refractivity contribution in [3.05, 3.63) is 71.9 Å². The van der Waals surface area contributed by atoms with Gasteiger partial charge in [-0.1, -0.05) is 30.3 Å². The van der Waals surface area contributed by atoms with Crippen molar-refractivity contribution in [3.8, 4) is 5.75 Å². The number of aromatic nitrogens is 1. The minimum absolute atomic E-state index is 0.0673. The summed E-state index contributed by atoms with van der Waals surface area (Å²) in [7, 11) is 0. The molecule has 23 heavy (non-hydrogen) atoms. The molecule has 1 spiro atoms. The number of ether oxygens (including phenoxy) is 1. The van der Waals surface area contributed by atoms with Gasteiger partial charge in [-0.05, 0) is 37.1 Å². The molecule has 0 saturated heterocycles. The first-order chi connectivity index (χ1) is 11.3. The van der Waals surface area contributed by atoms with Gasteiger partial charge in [-0.25, -0.2) is 0 Å². The van der Waals surface area contributed by atoms with Crippen LogP contribution in [0.2, 0.25) is 0 Å². The Balaban J connectivity index is 1.69. The third-order valence-electron chi connectivity index (χ3n) is 4.67. The second kappa shape index (κ2) is 4.66. The lowest BCUT2D eigenvalue weighted by Crippen LogP contribution is -2.20. The van der Waals surface area contributed by atoms with Crippen molar-refractivity contribution >= 4 is 16.6 Å². The minimum Gasteiger partial charge on any atom is -0.485 e. The zero-order valence-corrected chi connectivity index (χ0v) is 12.7. The molecule has 3 aromatic rings. The van der Waals surface area contributed by atoms with Gasteiger partial charge >= 0.3 is 0 Å². The molecule has 0 N–H and O–H groups in total.